The van der Waals surface area contributed by atoms with E-state index in [2.05, 4.69) is 31.2 Å². The molecule has 0 unspecified atom stereocenters. The van der Waals surface area contributed by atoms with Crippen LogP contribution >= 0.6 is 11.3 Å². The van der Waals surface area contributed by atoms with Gasteiger partial charge >= 0.3 is 12.1 Å². The van der Waals surface area contributed by atoms with Gasteiger partial charge in [-0.3, -0.25) is 4.79 Å². The molecule has 0 bridgehead atoms. The van der Waals surface area contributed by atoms with Crippen LogP contribution in [0.1, 0.15) is 15.9 Å². The Balaban J connectivity index is 0.00000121. The molecule has 5 N–H and O–H groups in total. The molecule has 0 aliphatic carbocycles. The van der Waals surface area contributed by atoms with E-state index in [1.54, 1.807) is 6.07 Å². The Bertz CT molecular complexity index is 1230. The number of aromatic carboxylic acids is 1. The van der Waals surface area contributed by atoms with E-state index in [0.29, 0.717) is 30.8 Å². The second kappa shape index (κ2) is 12.2. The van der Waals surface area contributed by atoms with Gasteiger partial charge in [-0.05, 0) is 23.6 Å². The summed E-state index contributed by atoms with van der Waals surface area (Å²) in [6.45, 7) is 2.69. The summed E-state index contributed by atoms with van der Waals surface area (Å²) < 4.78 is 51.5. The first kappa shape index (κ1) is 27.5. The van der Waals surface area contributed by atoms with Crippen molar-refractivity contribution in [1.29, 1.82) is 0 Å². The molecule has 11 nitrogen and oxygen atoms in total. The summed E-state index contributed by atoms with van der Waals surface area (Å²) in [6, 6.07) is 6.68. The zero-order chi connectivity index (χ0) is 27.0. The third kappa shape index (κ3) is 6.98. The molecule has 3 aromatic rings. The highest BCUT2D eigenvalue weighted by atomic mass is 32.1. The third-order valence-corrected chi connectivity index (χ3v) is 5.86. The second-order valence-electron chi connectivity index (χ2n) is 7.29. The molecular formula is C22H23F3N6O5S. The minimum Gasteiger partial charge on any atom is -0.494 e. The highest BCUT2D eigenvalue weighted by Crippen LogP contribution is 2.38. The number of carboxylic acid groups (broad SMARTS) is 1. The molecule has 1 amide bonds. The monoisotopic (exact) mass is 540 g/mol. The number of methoxy groups -OCH3 is 1. The molecular weight excluding hydrogens is 517 g/mol. The number of anilines is 5. The van der Waals surface area contributed by atoms with E-state index in [4.69, 9.17) is 14.3 Å². The van der Waals surface area contributed by atoms with E-state index in [1.165, 1.54) is 18.6 Å². The largest absolute Gasteiger partial charge is 0.494 e. The number of benzene rings is 1. The lowest BCUT2D eigenvalue weighted by Crippen LogP contribution is -2.36. The Hall–Kier alpha value is -4.11. The molecule has 0 radical (unpaired) electrons. The third-order valence-electron chi connectivity index (χ3n) is 5.03. The number of halogens is 3. The quantitative estimate of drug-likeness (QED) is 0.327. The highest BCUT2D eigenvalue weighted by molar-refractivity contribution is 7.14. The van der Waals surface area contributed by atoms with Crippen molar-refractivity contribution in [3.05, 3.63) is 47.0 Å². The molecule has 198 valence electrons. The summed E-state index contributed by atoms with van der Waals surface area (Å²) in [5.41, 5.74) is 4.25. The second-order valence-corrected chi connectivity index (χ2v) is 8.21. The summed E-state index contributed by atoms with van der Waals surface area (Å²) >= 11 is 0.949. The maximum Gasteiger partial charge on any atom is 0.421 e. The number of alkyl halides is 3. The maximum absolute atomic E-state index is 13.5. The highest BCUT2D eigenvalue weighted by Gasteiger charge is 2.36. The molecule has 1 aliphatic heterocycles. The first-order valence-corrected chi connectivity index (χ1v) is 11.5. The summed E-state index contributed by atoms with van der Waals surface area (Å²) in [5, 5.41) is 16.1. The standard InChI is InChI=1S/C21H20F3N5O4S.CH3NO/c1-32-16-10-12(29-5-7-33-8-6-29)2-3-15(16)26-20-25-11-14(21(22,23)24)17(28-20)27-18-13(19(30)31)4-9-34-18;2-1-3/h2-4,9-11H,5-8H2,1H3,(H,30,31)(H2,25,26,27,28);1H,(H2,2,3). The molecule has 0 saturated carbocycles. The Morgan fingerprint density at radius 3 is 2.59 bits per heavy atom. The van der Waals surface area contributed by atoms with Gasteiger partial charge in [0.05, 0.1) is 31.6 Å². The topological polar surface area (TPSA) is 152 Å². The number of hydrogen-bond donors (Lipinski definition) is 4. The Kier molecular flexibility index (Phi) is 9.08. The Morgan fingerprint density at radius 2 is 1.97 bits per heavy atom. The smallest absolute Gasteiger partial charge is 0.421 e. The molecule has 0 spiro atoms. The van der Waals surface area contributed by atoms with Gasteiger partial charge in [-0.15, -0.1) is 11.3 Å². The van der Waals surface area contributed by atoms with E-state index in [-0.39, 0.29) is 22.9 Å². The van der Waals surface area contributed by atoms with Crippen LogP contribution in [0, 0.1) is 0 Å². The van der Waals surface area contributed by atoms with Gasteiger partial charge in [0.2, 0.25) is 12.4 Å². The summed E-state index contributed by atoms with van der Waals surface area (Å²) in [6.07, 6.45) is -3.86. The number of nitrogens with two attached hydrogens (primary N) is 1. The summed E-state index contributed by atoms with van der Waals surface area (Å²) in [4.78, 5) is 29.8. The average molecular weight is 541 g/mol. The fourth-order valence-electron chi connectivity index (χ4n) is 3.35. The minimum absolute atomic E-state index is 0.0232. The van der Waals surface area contributed by atoms with Crippen molar-refractivity contribution in [3.8, 4) is 5.75 Å². The van der Waals surface area contributed by atoms with Crippen molar-refractivity contribution in [2.24, 2.45) is 5.73 Å². The SMILES string of the molecule is COc1cc(N2CCOCC2)ccc1Nc1ncc(C(F)(F)F)c(Nc2sccc2C(=O)O)n1.NC=O. The number of carbonyl (C=O) groups excluding carboxylic acids is 1. The van der Waals surface area contributed by atoms with Crippen LogP contribution in [0.15, 0.2) is 35.8 Å². The minimum atomic E-state index is -4.75. The maximum atomic E-state index is 13.5. The van der Waals surface area contributed by atoms with Gasteiger partial charge in [0.15, 0.2) is 0 Å². The van der Waals surface area contributed by atoms with Crippen LogP contribution < -0.4 is 26.0 Å². The van der Waals surface area contributed by atoms with Crippen LogP contribution in [-0.4, -0.2) is 60.9 Å². The van der Waals surface area contributed by atoms with Crippen molar-refractivity contribution in [1.82, 2.24) is 9.97 Å². The van der Waals surface area contributed by atoms with Crippen molar-refractivity contribution in [2.45, 2.75) is 6.18 Å². The fourth-order valence-corrected chi connectivity index (χ4v) is 4.13. The normalized spacial score (nSPS) is 13.2. The van der Waals surface area contributed by atoms with Crippen LogP contribution in [-0.2, 0) is 15.7 Å². The predicted molar refractivity (Wildman–Crippen MR) is 131 cm³/mol. The number of carbonyl (C=O) groups is 2. The van der Waals surface area contributed by atoms with Gasteiger partial charge in [0, 0.05) is 31.0 Å². The average Bonchev–Trinajstić information content (AvgIpc) is 3.33. The predicted octanol–water partition coefficient (Wildman–Crippen LogP) is 3.69. The number of carboxylic acids is 1. The fraction of sp³-hybridized carbons (Fsp3) is 0.273. The molecule has 15 heteroatoms. The van der Waals surface area contributed by atoms with E-state index in [0.717, 1.165) is 30.1 Å². The van der Waals surface area contributed by atoms with E-state index < -0.39 is 23.5 Å². The van der Waals surface area contributed by atoms with Gasteiger partial charge in [0.25, 0.3) is 0 Å². The zero-order valence-corrected chi connectivity index (χ0v) is 20.2. The van der Waals surface area contributed by atoms with Crippen LogP contribution in [0.2, 0.25) is 0 Å². The first-order chi connectivity index (χ1) is 17.7. The molecule has 4 rings (SSSR count). The lowest BCUT2D eigenvalue weighted by Gasteiger charge is -2.29. The van der Waals surface area contributed by atoms with Gasteiger partial charge < -0.3 is 35.8 Å². The Morgan fingerprint density at radius 1 is 1.27 bits per heavy atom. The molecule has 3 heterocycles. The van der Waals surface area contributed by atoms with Crippen LogP contribution in [0.4, 0.5) is 41.3 Å². The lowest BCUT2D eigenvalue weighted by molar-refractivity contribution is -0.137. The number of morpholine rings is 1. The van der Waals surface area contributed by atoms with Crippen LogP contribution in [0.3, 0.4) is 0 Å². The molecule has 1 saturated heterocycles. The number of thiophene rings is 1. The number of hydrogen-bond acceptors (Lipinski definition) is 10. The van der Waals surface area contributed by atoms with Crippen LogP contribution in [0.25, 0.3) is 0 Å². The first-order valence-electron chi connectivity index (χ1n) is 10.6. The lowest BCUT2D eigenvalue weighted by atomic mass is 10.2. The van der Waals surface area contributed by atoms with Gasteiger partial charge in [0.1, 0.15) is 22.1 Å². The molecule has 1 aromatic carbocycles. The van der Waals surface area contributed by atoms with Crippen LogP contribution in [0.5, 0.6) is 5.75 Å². The Labute approximate surface area is 213 Å². The number of nitrogens with one attached hydrogen (secondary N) is 2. The van der Waals surface area contributed by atoms with E-state index >= 15 is 0 Å². The number of nitrogens with zero attached hydrogens (tertiary/aromatic N) is 3. The number of aromatic nitrogens is 2. The number of rotatable bonds is 7. The van der Waals surface area contributed by atoms with Crippen molar-refractivity contribution in [2.75, 3.05) is 48.9 Å². The van der Waals surface area contributed by atoms with E-state index in [9.17, 15) is 23.1 Å². The number of primary amides is 1. The number of amides is 1. The molecule has 1 aliphatic rings. The summed E-state index contributed by atoms with van der Waals surface area (Å²) in [5.74, 6) is -1.51. The zero-order valence-electron chi connectivity index (χ0n) is 19.4. The summed E-state index contributed by atoms with van der Waals surface area (Å²) in [7, 11) is 1.48. The van der Waals surface area contributed by atoms with Crippen molar-refractivity contribution in [3.63, 3.8) is 0 Å². The van der Waals surface area contributed by atoms with E-state index in [1.807, 2.05) is 12.1 Å². The number of ether oxygens (including phenoxy) is 2. The molecule has 37 heavy (non-hydrogen) atoms. The van der Waals surface area contributed by atoms with Gasteiger partial charge in [-0.1, -0.05) is 0 Å². The molecule has 2 aromatic heterocycles. The van der Waals surface area contributed by atoms with Crippen molar-refractivity contribution < 1.29 is 37.3 Å². The van der Waals surface area contributed by atoms with Gasteiger partial charge in [-0.25, -0.2) is 9.78 Å². The molecule has 1 fully saturated rings. The van der Waals surface area contributed by atoms with Gasteiger partial charge in [-0.2, -0.15) is 18.2 Å². The van der Waals surface area contributed by atoms with Crippen molar-refractivity contribution >= 4 is 51.9 Å². The molecule has 0 atom stereocenters.